The summed E-state index contributed by atoms with van der Waals surface area (Å²) in [5, 5.41) is 17.3. The Morgan fingerprint density at radius 3 is 2.57 bits per heavy atom. The van der Waals surface area contributed by atoms with Gasteiger partial charge in [0, 0.05) is 49.2 Å². The zero-order valence-electron chi connectivity index (χ0n) is 20.8. The number of rotatable bonds is 9. The number of carbonyl (C=O) groups excluding carboxylic acids is 1. The van der Waals surface area contributed by atoms with Crippen LogP contribution in [0, 0.1) is 0 Å². The number of likely N-dealkylation sites (tertiary alicyclic amines) is 1. The van der Waals surface area contributed by atoms with Crippen molar-refractivity contribution in [1.29, 1.82) is 0 Å². The molecule has 0 bridgehead atoms. The van der Waals surface area contributed by atoms with E-state index in [1.165, 1.54) is 18.2 Å². The number of nitrogens with one attached hydrogen (secondary N) is 1. The monoisotopic (exact) mass is 540 g/mol. The van der Waals surface area contributed by atoms with Gasteiger partial charge in [0.05, 0.1) is 5.69 Å². The molecule has 0 radical (unpaired) electrons. The van der Waals surface area contributed by atoms with Crippen molar-refractivity contribution in [2.75, 3.05) is 31.6 Å². The van der Waals surface area contributed by atoms with E-state index in [1.807, 2.05) is 24.8 Å². The summed E-state index contributed by atoms with van der Waals surface area (Å²) in [6.07, 6.45) is 3.41. The van der Waals surface area contributed by atoms with Crippen LogP contribution in [0.25, 0.3) is 0 Å². The molecule has 202 valence electrons. The van der Waals surface area contributed by atoms with E-state index in [9.17, 15) is 23.5 Å². The third-order valence-electron chi connectivity index (χ3n) is 7.15. The molecule has 1 aromatic heterocycles. The van der Waals surface area contributed by atoms with E-state index in [1.54, 1.807) is 10.9 Å². The van der Waals surface area contributed by atoms with Crippen LogP contribution in [0.3, 0.4) is 0 Å². The Labute approximate surface area is 218 Å². The van der Waals surface area contributed by atoms with Gasteiger partial charge in [0.15, 0.2) is 11.4 Å². The summed E-state index contributed by atoms with van der Waals surface area (Å²) in [5.74, 6) is -1.58. The van der Waals surface area contributed by atoms with Crippen LogP contribution in [0.5, 0.6) is 5.75 Å². The maximum Gasteiger partial charge on any atom is 0.387 e. The Morgan fingerprint density at radius 1 is 1.24 bits per heavy atom. The SMILES string of the molecule is CC(C)c1ccnn1C1(C(=O)Nc2ccc(Cl)cc2OC(F)F)CCN(C[C@@]2(C(=O)O)CCCO2)CC1. The van der Waals surface area contributed by atoms with E-state index < -0.39 is 29.6 Å². The van der Waals surface area contributed by atoms with Gasteiger partial charge in [-0.15, -0.1) is 0 Å². The molecule has 1 aromatic carbocycles. The molecule has 37 heavy (non-hydrogen) atoms. The summed E-state index contributed by atoms with van der Waals surface area (Å²) >= 11 is 5.96. The summed E-state index contributed by atoms with van der Waals surface area (Å²) in [6, 6.07) is 5.97. The number of carbonyl (C=O) groups is 2. The Balaban J connectivity index is 1.62. The molecule has 2 aliphatic rings. The molecule has 2 saturated heterocycles. The summed E-state index contributed by atoms with van der Waals surface area (Å²) < 4.78 is 38.0. The minimum Gasteiger partial charge on any atom is -0.479 e. The summed E-state index contributed by atoms with van der Waals surface area (Å²) in [5.41, 5.74) is -1.46. The van der Waals surface area contributed by atoms with Gasteiger partial charge in [0.25, 0.3) is 5.91 Å². The molecule has 1 atom stereocenters. The van der Waals surface area contributed by atoms with Gasteiger partial charge in [0.1, 0.15) is 5.54 Å². The third kappa shape index (κ3) is 5.58. The van der Waals surface area contributed by atoms with Crippen LogP contribution in [0.15, 0.2) is 30.5 Å². The smallest absolute Gasteiger partial charge is 0.387 e. The Bertz CT molecular complexity index is 1130. The molecule has 4 rings (SSSR count). The van der Waals surface area contributed by atoms with Crippen LogP contribution < -0.4 is 10.1 Å². The van der Waals surface area contributed by atoms with Crippen molar-refractivity contribution >= 4 is 29.2 Å². The van der Waals surface area contributed by atoms with Crippen molar-refractivity contribution in [2.24, 2.45) is 0 Å². The summed E-state index contributed by atoms with van der Waals surface area (Å²) in [4.78, 5) is 27.9. The number of halogens is 3. The number of hydrogen-bond acceptors (Lipinski definition) is 6. The topological polar surface area (TPSA) is 106 Å². The molecule has 0 saturated carbocycles. The lowest BCUT2D eigenvalue weighted by Gasteiger charge is -2.43. The molecule has 1 amide bonds. The first-order valence-corrected chi connectivity index (χ1v) is 12.6. The first-order chi connectivity index (χ1) is 17.6. The highest BCUT2D eigenvalue weighted by molar-refractivity contribution is 6.30. The lowest BCUT2D eigenvalue weighted by Crippen LogP contribution is -2.57. The zero-order chi connectivity index (χ0) is 26.8. The number of hydrogen-bond donors (Lipinski definition) is 2. The second-order valence-corrected chi connectivity index (χ2v) is 10.3. The van der Waals surface area contributed by atoms with Gasteiger partial charge in [-0.05, 0) is 49.8 Å². The predicted octanol–water partition coefficient (Wildman–Crippen LogP) is 4.32. The molecule has 3 heterocycles. The molecule has 0 unspecified atom stereocenters. The van der Waals surface area contributed by atoms with Crippen LogP contribution in [-0.2, 0) is 19.9 Å². The molecule has 0 aliphatic carbocycles. The van der Waals surface area contributed by atoms with Crippen LogP contribution in [0.2, 0.25) is 5.02 Å². The molecule has 2 N–H and O–H groups in total. The molecule has 9 nitrogen and oxygen atoms in total. The molecule has 2 fully saturated rings. The minimum atomic E-state index is -3.09. The number of amides is 1. The van der Waals surface area contributed by atoms with E-state index in [0.717, 1.165) is 5.69 Å². The number of aromatic nitrogens is 2. The number of benzene rings is 1. The maximum atomic E-state index is 13.9. The standard InChI is InChI=1S/C25H31ClF2N4O5/c1-16(2)19-6-10-29-32(19)24(21(33)30-18-5-4-17(26)14-20(18)37-23(27)28)8-11-31(12-9-24)15-25(22(34)35)7-3-13-36-25/h4-6,10,14,16,23H,3,7-9,11-13,15H2,1-2H3,(H,30,33)(H,34,35)/t25-/m1/s1. The van der Waals surface area contributed by atoms with Gasteiger partial charge in [0.2, 0.25) is 0 Å². The Morgan fingerprint density at radius 2 is 1.97 bits per heavy atom. The van der Waals surface area contributed by atoms with Gasteiger partial charge in [-0.25, -0.2) is 4.79 Å². The molecule has 2 aliphatic heterocycles. The van der Waals surface area contributed by atoms with Gasteiger partial charge >= 0.3 is 12.6 Å². The molecular formula is C25H31ClF2N4O5. The van der Waals surface area contributed by atoms with Gasteiger partial charge < -0.3 is 19.9 Å². The highest BCUT2D eigenvalue weighted by atomic mass is 35.5. The average molecular weight is 541 g/mol. The lowest BCUT2D eigenvalue weighted by molar-refractivity contribution is -0.163. The highest BCUT2D eigenvalue weighted by Crippen LogP contribution is 2.38. The van der Waals surface area contributed by atoms with Crippen molar-refractivity contribution in [3.05, 3.63) is 41.2 Å². The predicted molar refractivity (Wildman–Crippen MR) is 132 cm³/mol. The second kappa shape index (κ2) is 10.9. The molecular weight excluding hydrogens is 510 g/mol. The number of anilines is 1. The van der Waals surface area contributed by atoms with E-state index >= 15 is 0 Å². The van der Waals surface area contributed by atoms with E-state index in [0.29, 0.717) is 45.4 Å². The van der Waals surface area contributed by atoms with Crippen molar-refractivity contribution in [1.82, 2.24) is 14.7 Å². The average Bonchev–Trinajstić information content (AvgIpc) is 3.52. The number of nitrogens with zero attached hydrogens (tertiary/aromatic N) is 3. The molecule has 12 heteroatoms. The summed E-state index contributed by atoms with van der Waals surface area (Å²) in [7, 11) is 0. The number of carboxylic acid groups (broad SMARTS) is 1. The zero-order valence-corrected chi connectivity index (χ0v) is 21.5. The van der Waals surface area contributed by atoms with Crippen LogP contribution in [0.1, 0.15) is 51.1 Å². The first kappa shape index (κ1) is 27.3. The van der Waals surface area contributed by atoms with Crippen molar-refractivity contribution < 1.29 is 33.0 Å². The number of ether oxygens (including phenoxy) is 2. The fourth-order valence-electron chi connectivity index (χ4n) is 5.18. The van der Waals surface area contributed by atoms with Gasteiger partial charge in [-0.2, -0.15) is 13.9 Å². The Hall–Kier alpha value is -2.76. The fraction of sp³-hybridized carbons (Fsp3) is 0.560. The lowest BCUT2D eigenvalue weighted by atomic mass is 9.84. The highest BCUT2D eigenvalue weighted by Gasteiger charge is 2.49. The number of aliphatic carboxylic acids is 1. The maximum absolute atomic E-state index is 13.9. The fourth-order valence-corrected chi connectivity index (χ4v) is 5.34. The molecule has 2 aromatic rings. The summed E-state index contributed by atoms with van der Waals surface area (Å²) in [6.45, 7) is 2.37. The van der Waals surface area contributed by atoms with E-state index in [2.05, 4.69) is 15.2 Å². The minimum absolute atomic E-state index is 0.0685. The van der Waals surface area contributed by atoms with E-state index in [4.69, 9.17) is 16.3 Å². The van der Waals surface area contributed by atoms with Crippen LogP contribution in [0.4, 0.5) is 14.5 Å². The number of carboxylic acids is 1. The normalized spacial score (nSPS) is 21.9. The van der Waals surface area contributed by atoms with Crippen LogP contribution in [-0.4, -0.2) is 70.1 Å². The van der Waals surface area contributed by atoms with Crippen molar-refractivity contribution in [2.45, 2.75) is 63.2 Å². The van der Waals surface area contributed by atoms with E-state index in [-0.39, 0.29) is 28.9 Å². The Kier molecular flexibility index (Phi) is 8.05. The largest absolute Gasteiger partial charge is 0.479 e. The van der Waals surface area contributed by atoms with Crippen molar-refractivity contribution in [3.8, 4) is 5.75 Å². The van der Waals surface area contributed by atoms with Gasteiger partial charge in [-0.3, -0.25) is 14.4 Å². The quantitative estimate of drug-likeness (QED) is 0.488. The molecule has 0 spiro atoms. The van der Waals surface area contributed by atoms with Gasteiger partial charge in [-0.1, -0.05) is 25.4 Å². The van der Waals surface area contributed by atoms with Crippen LogP contribution >= 0.6 is 11.6 Å². The number of alkyl halides is 2. The number of piperidine rings is 1. The second-order valence-electron chi connectivity index (χ2n) is 9.85. The first-order valence-electron chi connectivity index (χ1n) is 12.3. The van der Waals surface area contributed by atoms with Crippen molar-refractivity contribution in [3.63, 3.8) is 0 Å². The third-order valence-corrected chi connectivity index (χ3v) is 7.39.